The number of hydrogen-bond donors (Lipinski definition) is 1. The van der Waals surface area contributed by atoms with Crippen LogP contribution in [0.4, 0.5) is 4.79 Å². The van der Waals surface area contributed by atoms with Crippen molar-refractivity contribution < 1.29 is 29.0 Å². The molecule has 0 aromatic rings. The Balaban J connectivity index is 2.31. The van der Waals surface area contributed by atoms with Crippen LogP contribution in [-0.4, -0.2) is 52.3 Å². The van der Waals surface area contributed by atoms with Gasteiger partial charge in [0.1, 0.15) is 11.1 Å². The second-order valence-corrected chi connectivity index (χ2v) is 7.04. The molecular formula is C15H23NO6. The fraction of sp³-hybridized carbons (Fsp3) is 0.800. The lowest BCUT2D eigenvalue weighted by Crippen LogP contribution is -2.52. The molecule has 7 nitrogen and oxygen atoms in total. The van der Waals surface area contributed by atoms with Gasteiger partial charge in [0.2, 0.25) is 0 Å². The summed E-state index contributed by atoms with van der Waals surface area (Å²) in [6.07, 6.45) is 0.748. The fourth-order valence-corrected chi connectivity index (χ4v) is 3.70. The number of fused-ring (bicyclic) bond motifs is 2. The van der Waals surface area contributed by atoms with Crippen molar-refractivity contribution in [1.82, 2.24) is 4.90 Å². The van der Waals surface area contributed by atoms with E-state index < -0.39 is 29.2 Å². The second kappa shape index (κ2) is 5.44. The molecule has 124 valence electrons. The molecule has 1 amide bonds. The molecule has 2 rings (SSSR count). The van der Waals surface area contributed by atoms with Gasteiger partial charge in [-0.25, -0.2) is 9.59 Å². The molecule has 0 radical (unpaired) electrons. The summed E-state index contributed by atoms with van der Waals surface area (Å²) in [5.41, 5.74) is -1.76. The number of esters is 1. The minimum absolute atomic E-state index is 0.0668. The predicted octanol–water partition coefficient (Wildman–Crippen LogP) is 1.79. The Labute approximate surface area is 129 Å². The highest BCUT2D eigenvalue weighted by atomic mass is 16.6. The zero-order chi connectivity index (χ0) is 16.7. The summed E-state index contributed by atoms with van der Waals surface area (Å²) >= 11 is 0. The highest BCUT2D eigenvalue weighted by Gasteiger charge is 2.64. The van der Waals surface area contributed by atoms with E-state index in [1.807, 2.05) is 0 Å². The molecule has 3 unspecified atom stereocenters. The first-order valence-electron chi connectivity index (χ1n) is 7.43. The smallest absolute Gasteiger partial charge is 0.411 e. The predicted molar refractivity (Wildman–Crippen MR) is 76.2 cm³/mol. The number of carbonyl (C=O) groups is 3. The first-order valence-corrected chi connectivity index (χ1v) is 7.43. The highest BCUT2D eigenvalue weighted by Crippen LogP contribution is 2.51. The molecular weight excluding hydrogens is 290 g/mol. The molecule has 0 spiro atoms. The third kappa shape index (κ3) is 2.76. The van der Waals surface area contributed by atoms with Gasteiger partial charge >= 0.3 is 18.0 Å². The lowest BCUT2D eigenvalue weighted by atomic mass is 9.79. The van der Waals surface area contributed by atoms with E-state index in [-0.39, 0.29) is 18.4 Å². The third-order valence-electron chi connectivity index (χ3n) is 4.38. The van der Waals surface area contributed by atoms with E-state index in [9.17, 15) is 14.4 Å². The van der Waals surface area contributed by atoms with E-state index in [1.54, 1.807) is 20.8 Å². The molecule has 0 aromatic heterocycles. The Morgan fingerprint density at radius 1 is 1.32 bits per heavy atom. The molecule has 0 aliphatic carbocycles. The molecule has 7 heteroatoms. The van der Waals surface area contributed by atoms with Gasteiger partial charge in [-0.05, 0) is 46.0 Å². The van der Waals surface area contributed by atoms with Crippen molar-refractivity contribution in [2.75, 3.05) is 7.11 Å². The van der Waals surface area contributed by atoms with Crippen LogP contribution >= 0.6 is 0 Å². The average Bonchev–Trinajstić information content (AvgIpc) is 2.88. The minimum Gasteiger partial charge on any atom is -0.481 e. The molecule has 2 bridgehead atoms. The Hall–Kier alpha value is -1.79. The molecule has 0 aromatic carbocycles. The first-order chi connectivity index (χ1) is 10.1. The van der Waals surface area contributed by atoms with Gasteiger partial charge in [-0.3, -0.25) is 9.69 Å². The number of methoxy groups -OCH3 is 1. The van der Waals surface area contributed by atoms with Crippen LogP contribution in [0, 0.1) is 5.92 Å². The van der Waals surface area contributed by atoms with Crippen LogP contribution in [0.15, 0.2) is 0 Å². The van der Waals surface area contributed by atoms with Crippen LogP contribution in [0.5, 0.6) is 0 Å². The Morgan fingerprint density at radius 3 is 2.45 bits per heavy atom. The summed E-state index contributed by atoms with van der Waals surface area (Å²) in [6, 6.07) is -0.287. The van der Waals surface area contributed by atoms with Crippen LogP contribution in [0.1, 0.15) is 46.5 Å². The number of carbonyl (C=O) groups excluding carboxylic acids is 2. The van der Waals surface area contributed by atoms with E-state index in [2.05, 4.69) is 0 Å². The number of ether oxygens (including phenoxy) is 2. The van der Waals surface area contributed by atoms with Gasteiger partial charge in [-0.1, -0.05) is 0 Å². The number of nitrogens with zero attached hydrogens (tertiary/aromatic N) is 1. The number of hydrogen-bond acceptors (Lipinski definition) is 5. The van der Waals surface area contributed by atoms with Crippen molar-refractivity contribution >= 4 is 18.0 Å². The van der Waals surface area contributed by atoms with Crippen molar-refractivity contribution in [2.24, 2.45) is 5.92 Å². The molecule has 2 fully saturated rings. The molecule has 2 heterocycles. The molecule has 2 aliphatic heterocycles. The minimum atomic E-state index is -1.08. The van der Waals surface area contributed by atoms with Crippen molar-refractivity contribution in [3.05, 3.63) is 0 Å². The lowest BCUT2D eigenvalue weighted by Gasteiger charge is -2.33. The summed E-state index contributed by atoms with van der Waals surface area (Å²) in [5.74, 6) is -1.67. The number of carboxylic acid groups (broad SMARTS) is 1. The summed E-state index contributed by atoms with van der Waals surface area (Å²) in [6.45, 7) is 5.26. The molecule has 1 N–H and O–H groups in total. The zero-order valence-corrected chi connectivity index (χ0v) is 13.4. The van der Waals surface area contributed by atoms with Crippen LogP contribution in [0.25, 0.3) is 0 Å². The highest BCUT2D eigenvalue weighted by molar-refractivity contribution is 5.88. The maximum Gasteiger partial charge on any atom is 0.411 e. The second-order valence-electron chi connectivity index (χ2n) is 7.04. The van der Waals surface area contributed by atoms with Crippen LogP contribution in [-0.2, 0) is 19.1 Å². The molecule has 3 atom stereocenters. The lowest BCUT2D eigenvalue weighted by molar-refractivity contribution is -0.152. The van der Waals surface area contributed by atoms with E-state index >= 15 is 0 Å². The van der Waals surface area contributed by atoms with E-state index in [0.29, 0.717) is 19.3 Å². The molecule has 2 saturated heterocycles. The maximum atomic E-state index is 12.5. The van der Waals surface area contributed by atoms with Crippen molar-refractivity contribution in [3.8, 4) is 0 Å². The average molecular weight is 313 g/mol. The summed E-state index contributed by atoms with van der Waals surface area (Å²) in [5, 5.41) is 9.04. The summed E-state index contributed by atoms with van der Waals surface area (Å²) in [7, 11) is 1.28. The number of aliphatic carboxylic acids is 1. The monoisotopic (exact) mass is 313 g/mol. The quantitative estimate of drug-likeness (QED) is 0.798. The fourth-order valence-electron chi connectivity index (χ4n) is 3.70. The van der Waals surface area contributed by atoms with E-state index in [1.165, 1.54) is 12.0 Å². The summed E-state index contributed by atoms with van der Waals surface area (Å²) in [4.78, 5) is 37.3. The largest absolute Gasteiger partial charge is 0.481 e. The standard InChI is InChI=1S/C15H23NO6/c1-14(2,3)22-13(20)16-10-5-6-15(16,12(19)21-4)8-9(10)7-11(17)18/h9-10H,5-8H2,1-4H3,(H,17,18). The van der Waals surface area contributed by atoms with Gasteiger partial charge in [0, 0.05) is 6.04 Å². The van der Waals surface area contributed by atoms with Crippen molar-refractivity contribution in [1.29, 1.82) is 0 Å². The van der Waals surface area contributed by atoms with E-state index in [0.717, 1.165) is 0 Å². The van der Waals surface area contributed by atoms with Gasteiger partial charge in [0.05, 0.1) is 13.5 Å². The normalized spacial score (nSPS) is 30.3. The molecule has 22 heavy (non-hydrogen) atoms. The molecule has 0 saturated carbocycles. The Bertz CT molecular complexity index is 497. The zero-order valence-electron chi connectivity index (χ0n) is 13.4. The number of carboxylic acids is 1. The SMILES string of the molecule is COC(=O)C12CCC(C(CC(=O)O)C1)N2C(=O)OC(C)(C)C. The van der Waals surface area contributed by atoms with E-state index in [4.69, 9.17) is 14.6 Å². The van der Waals surface area contributed by atoms with Crippen molar-refractivity contribution in [2.45, 2.75) is 63.6 Å². The van der Waals surface area contributed by atoms with Gasteiger partial charge in [0.25, 0.3) is 0 Å². The van der Waals surface area contributed by atoms with Crippen LogP contribution < -0.4 is 0 Å². The van der Waals surface area contributed by atoms with Gasteiger partial charge in [-0.2, -0.15) is 0 Å². The summed E-state index contributed by atoms with van der Waals surface area (Å²) < 4.78 is 10.3. The Kier molecular flexibility index (Phi) is 4.10. The molecule has 2 aliphatic rings. The topological polar surface area (TPSA) is 93.1 Å². The third-order valence-corrected chi connectivity index (χ3v) is 4.38. The van der Waals surface area contributed by atoms with Crippen LogP contribution in [0.3, 0.4) is 0 Å². The number of amides is 1. The van der Waals surface area contributed by atoms with Gasteiger partial charge in [-0.15, -0.1) is 0 Å². The Morgan fingerprint density at radius 2 is 1.95 bits per heavy atom. The van der Waals surface area contributed by atoms with Gasteiger partial charge in [0.15, 0.2) is 0 Å². The maximum absolute atomic E-state index is 12.5. The van der Waals surface area contributed by atoms with Gasteiger partial charge < -0.3 is 14.6 Å². The first kappa shape index (κ1) is 16.6. The van der Waals surface area contributed by atoms with Crippen LogP contribution in [0.2, 0.25) is 0 Å². The number of rotatable bonds is 3. The van der Waals surface area contributed by atoms with Crippen molar-refractivity contribution in [3.63, 3.8) is 0 Å².